The van der Waals surface area contributed by atoms with E-state index in [1.807, 2.05) is 11.0 Å². The number of nitrogens with one attached hydrogen (secondary N) is 1. The van der Waals surface area contributed by atoms with Crippen LogP contribution in [0.3, 0.4) is 0 Å². The van der Waals surface area contributed by atoms with Gasteiger partial charge in [0.15, 0.2) is 5.82 Å². The lowest BCUT2D eigenvalue weighted by Crippen LogP contribution is -2.35. The summed E-state index contributed by atoms with van der Waals surface area (Å²) in [5.74, 6) is -1.44. The zero-order chi connectivity index (χ0) is 27.8. The Morgan fingerprint density at radius 2 is 2.05 bits per heavy atom. The molecule has 0 aliphatic carbocycles. The fourth-order valence-electron chi connectivity index (χ4n) is 5.58. The second-order valence-corrected chi connectivity index (χ2v) is 9.85. The quantitative estimate of drug-likeness (QED) is 0.332. The van der Waals surface area contributed by atoms with E-state index >= 15 is 8.78 Å². The fraction of sp³-hybridized carbons (Fsp3) is 0.300. The number of esters is 1. The maximum Gasteiger partial charge on any atom is 0.343 e. The molecule has 2 aliphatic heterocycles. The lowest BCUT2D eigenvalue weighted by atomic mass is 10.1. The van der Waals surface area contributed by atoms with Crippen LogP contribution in [0.2, 0.25) is 0 Å². The summed E-state index contributed by atoms with van der Waals surface area (Å²) in [6, 6.07) is 11.3. The van der Waals surface area contributed by atoms with Crippen LogP contribution in [0.25, 0.3) is 16.6 Å². The molecule has 8 nitrogen and oxygen atoms in total. The van der Waals surface area contributed by atoms with Crippen LogP contribution in [0.5, 0.6) is 5.88 Å². The third kappa shape index (κ3) is 4.53. The predicted octanol–water partition coefficient (Wildman–Crippen LogP) is 4.86. The van der Waals surface area contributed by atoms with Gasteiger partial charge < -0.3 is 24.3 Å². The molecule has 206 valence electrons. The van der Waals surface area contributed by atoms with Gasteiger partial charge in [-0.15, -0.1) is 0 Å². The van der Waals surface area contributed by atoms with E-state index in [2.05, 4.69) is 10.3 Å². The summed E-state index contributed by atoms with van der Waals surface area (Å²) in [7, 11) is 0. The molecule has 2 aliphatic rings. The molecule has 0 spiro atoms. The number of ether oxygens (including phenoxy) is 2. The van der Waals surface area contributed by atoms with Crippen LogP contribution in [0.4, 0.5) is 20.2 Å². The van der Waals surface area contributed by atoms with Gasteiger partial charge in [-0.3, -0.25) is 4.79 Å². The minimum atomic E-state index is -0.845. The first-order valence-electron chi connectivity index (χ1n) is 13.4. The molecule has 1 N–H and O–H groups in total. The summed E-state index contributed by atoms with van der Waals surface area (Å²) in [6.07, 6.45) is 5.05. The number of aromatic nitrogens is 2. The molecule has 4 heterocycles. The summed E-state index contributed by atoms with van der Waals surface area (Å²) in [5.41, 5.74) is 0.993. The highest BCUT2D eigenvalue weighted by Crippen LogP contribution is 2.34. The molecule has 1 fully saturated rings. The Kier molecular flexibility index (Phi) is 6.83. The summed E-state index contributed by atoms with van der Waals surface area (Å²) < 4.78 is 43.9. The van der Waals surface area contributed by atoms with Gasteiger partial charge in [-0.1, -0.05) is 6.07 Å². The van der Waals surface area contributed by atoms with E-state index in [9.17, 15) is 9.59 Å². The van der Waals surface area contributed by atoms with Crippen molar-refractivity contribution in [2.24, 2.45) is 0 Å². The first kappa shape index (κ1) is 25.8. The molecule has 10 heteroatoms. The van der Waals surface area contributed by atoms with Gasteiger partial charge in [-0.25, -0.2) is 18.6 Å². The Labute approximate surface area is 229 Å². The predicted molar refractivity (Wildman–Crippen MR) is 148 cm³/mol. The summed E-state index contributed by atoms with van der Waals surface area (Å²) >= 11 is 0. The Hall–Kier alpha value is -4.47. The number of pyridine rings is 2. The van der Waals surface area contributed by atoms with Gasteiger partial charge in [0.2, 0.25) is 11.3 Å². The number of hydrogen-bond donors (Lipinski definition) is 1. The number of benzene rings is 2. The van der Waals surface area contributed by atoms with Crippen molar-refractivity contribution in [1.29, 1.82) is 0 Å². The van der Waals surface area contributed by atoms with Crippen LogP contribution in [-0.2, 0) is 11.2 Å². The van der Waals surface area contributed by atoms with E-state index in [4.69, 9.17) is 9.47 Å². The molecule has 0 amide bonds. The van der Waals surface area contributed by atoms with Crippen LogP contribution >= 0.6 is 0 Å². The van der Waals surface area contributed by atoms with Gasteiger partial charge in [0, 0.05) is 48.2 Å². The van der Waals surface area contributed by atoms with Gasteiger partial charge >= 0.3 is 5.97 Å². The van der Waals surface area contributed by atoms with Crippen LogP contribution in [0, 0.1) is 11.6 Å². The number of carbonyl (C=O) groups is 1. The number of nitrogens with zero attached hydrogens (tertiary/aromatic N) is 3. The van der Waals surface area contributed by atoms with E-state index in [0.717, 1.165) is 18.9 Å². The summed E-state index contributed by atoms with van der Waals surface area (Å²) in [6.45, 7) is 3.18. The van der Waals surface area contributed by atoms with E-state index < -0.39 is 23.0 Å². The molecule has 2 aromatic heterocycles. The molecule has 1 saturated heterocycles. The molecule has 40 heavy (non-hydrogen) atoms. The van der Waals surface area contributed by atoms with Gasteiger partial charge in [-0.05, 0) is 56.5 Å². The SMILES string of the molecule is CCOC(=O)c1cn(-c2ccc3c(c2F)CCN3)c2cc(N3CCCC3COc3ccccn3)c(F)cc2c1=O. The molecule has 1 unspecified atom stereocenters. The fourth-order valence-corrected chi connectivity index (χ4v) is 5.58. The first-order valence-corrected chi connectivity index (χ1v) is 13.4. The third-order valence-corrected chi connectivity index (χ3v) is 7.49. The normalized spacial score (nSPS) is 16.2. The van der Waals surface area contributed by atoms with E-state index in [-0.39, 0.29) is 40.5 Å². The second-order valence-electron chi connectivity index (χ2n) is 9.85. The Morgan fingerprint density at radius 3 is 2.85 bits per heavy atom. The van der Waals surface area contributed by atoms with Crippen molar-refractivity contribution in [3.8, 4) is 11.6 Å². The largest absolute Gasteiger partial charge is 0.475 e. The van der Waals surface area contributed by atoms with Crippen molar-refractivity contribution in [1.82, 2.24) is 9.55 Å². The average Bonchev–Trinajstić information content (AvgIpc) is 3.64. The van der Waals surface area contributed by atoms with E-state index in [1.54, 1.807) is 43.5 Å². The minimum absolute atomic E-state index is 0.0368. The van der Waals surface area contributed by atoms with Crippen LogP contribution in [-0.4, -0.2) is 47.9 Å². The van der Waals surface area contributed by atoms with Crippen molar-refractivity contribution >= 4 is 28.2 Å². The zero-order valence-electron chi connectivity index (χ0n) is 22.0. The van der Waals surface area contributed by atoms with Crippen molar-refractivity contribution in [3.05, 3.63) is 87.8 Å². The molecular formula is C30H28F2N4O4. The number of hydrogen-bond acceptors (Lipinski definition) is 7. The van der Waals surface area contributed by atoms with Crippen molar-refractivity contribution < 1.29 is 23.0 Å². The zero-order valence-corrected chi connectivity index (χ0v) is 22.0. The molecular weight excluding hydrogens is 518 g/mol. The summed E-state index contributed by atoms with van der Waals surface area (Å²) in [5, 5.41) is 3.11. The Morgan fingerprint density at radius 1 is 1.18 bits per heavy atom. The number of halogens is 2. The lowest BCUT2D eigenvalue weighted by molar-refractivity contribution is 0.0524. The van der Waals surface area contributed by atoms with Crippen molar-refractivity contribution in [3.63, 3.8) is 0 Å². The molecule has 0 radical (unpaired) electrons. The average molecular weight is 547 g/mol. The Balaban J connectivity index is 1.48. The maximum atomic E-state index is 15.8. The standard InChI is InChI=1S/C30H28F2N4O4/c1-2-39-30(38)21-16-36(24-9-8-23-19(28(24)32)10-12-33-23)25-15-26(22(31)14-20(25)29(21)37)35-13-5-6-18(35)17-40-27-7-3-4-11-34-27/h3-4,7-9,11,14-16,18,33H,2,5-6,10,12-13,17H2,1H3. The second kappa shape index (κ2) is 10.6. The molecule has 0 saturated carbocycles. The van der Waals surface area contributed by atoms with Gasteiger partial charge in [-0.2, -0.15) is 0 Å². The molecule has 6 rings (SSSR count). The number of carbonyl (C=O) groups excluding carboxylic acids is 1. The highest BCUT2D eigenvalue weighted by molar-refractivity contribution is 5.95. The minimum Gasteiger partial charge on any atom is -0.475 e. The number of anilines is 2. The first-order chi connectivity index (χ1) is 19.5. The number of rotatable bonds is 7. The van der Waals surface area contributed by atoms with Gasteiger partial charge in [0.1, 0.15) is 18.0 Å². The molecule has 4 aromatic rings. The molecule has 1 atom stereocenters. The Bertz CT molecular complexity index is 1660. The summed E-state index contributed by atoms with van der Waals surface area (Å²) in [4.78, 5) is 32.2. The van der Waals surface area contributed by atoms with Gasteiger partial charge in [0.05, 0.1) is 29.5 Å². The lowest BCUT2D eigenvalue weighted by Gasteiger charge is -2.28. The topological polar surface area (TPSA) is 85.7 Å². The van der Waals surface area contributed by atoms with Crippen LogP contribution in [0.1, 0.15) is 35.7 Å². The van der Waals surface area contributed by atoms with Crippen molar-refractivity contribution in [2.45, 2.75) is 32.2 Å². The van der Waals surface area contributed by atoms with Gasteiger partial charge in [0.25, 0.3) is 0 Å². The number of fused-ring (bicyclic) bond motifs is 2. The molecule has 2 aromatic carbocycles. The monoisotopic (exact) mass is 546 g/mol. The van der Waals surface area contributed by atoms with Crippen LogP contribution in [0.15, 0.2) is 59.7 Å². The maximum absolute atomic E-state index is 15.8. The van der Waals surface area contributed by atoms with Crippen molar-refractivity contribution in [2.75, 3.05) is 36.5 Å². The highest BCUT2D eigenvalue weighted by Gasteiger charge is 2.30. The highest BCUT2D eigenvalue weighted by atomic mass is 19.1. The molecule has 0 bridgehead atoms. The van der Waals surface area contributed by atoms with E-state index in [0.29, 0.717) is 43.2 Å². The van der Waals surface area contributed by atoms with Crippen LogP contribution < -0.4 is 20.4 Å². The van der Waals surface area contributed by atoms with E-state index in [1.165, 1.54) is 10.8 Å². The smallest absolute Gasteiger partial charge is 0.343 e. The third-order valence-electron chi connectivity index (χ3n) is 7.49.